The molecule has 0 saturated carbocycles. The molecule has 1 atom stereocenters. The second kappa shape index (κ2) is 4.69. The van der Waals surface area contributed by atoms with Crippen LogP contribution in [0.5, 0.6) is 0 Å². The van der Waals surface area contributed by atoms with Crippen molar-refractivity contribution in [1.82, 2.24) is 10.6 Å². The second-order valence-corrected chi connectivity index (χ2v) is 5.08. The van der Waals surface area contributed by atoms with E-state index in [-0.39, 0.29) is 24.0 Å². The predicted molar refractivity (Wildman–Crippen MR) is 52.1 cm³/mol. The Morgan fingerprint density at radius 3 is 2.60 bits per heavy atom. The van der Waals surface area contributed by atoms with E-state index < -0.39 is 16.1 Å². The molecule has 1 aliphatic heterocycles. The van der Waals surface area contributed by atoms with Gasteiger partial charge in [0.05, 0.1) is 18.2 Å². The Morgan fingerprint density at radius 1 is 1.47 bits per heavy atom. The van der Waals surface area contributed by atoms with E-state index in [0.717, 1.165) is 0 Å². The Hall–Kier alpha value is -0.990. The molecule has 2 amide bonds. The number of rotatable bonds is 5. The molecule has 0 spiro atoms. The molecule has 8 heteroatoms. The standard InChI is InChI=1S/C7H13N3O4S/c8-15(13,14)3-1-2-9-5-4-6(11)10-7(5)12/h5,9H,1-4H2,(H2,8,13,14)(H,10,11,12). The molecular weight excluding hydrogens is 222 g/mol. The largest absolute Gasteiger partial charge is 0.305 e. The van der Waals surface area contributed by atoms with Crippen molar-refractivity contribution in [2.24, 2.45) is 5.14 Å². The van der Waals surface area contributed by atoms with Crippen molar-refractivity contribution < 1.29 is 18.0 Å². The average Bonchev–Trinajstić information content (AvgIpc) is 2.37. The van der Waals surface area contributed by atoms with Crippen LogP contribution in [0.2, 0.25) is 0 Å². The van der Waals surface area contributed by atoms with Crippen LogP contribution >= 0.6 is 0 Å². The highest BCUT2D eigenvalue weighted by Crippen LogP contribution is 2.00. The van der Waals surface area contributed by atoms with Crippen molar-refractivity contribution in [3.63, 3.8) is 0 Å². The van der Waals surface area contributed by atoms with Crippen LogP contribution in [0, 0.1) is 0 Å². The van der Waals surface area contributed by atoms with E-state index in [4.69, 9.17) is 5.14 Å². The molecule has 0 aromatic heterocycles. The summed E-state index contributed by atoms with van der Waals surface area (Å²) in [6.45, 7) is 0.335. The monoisotopic (exact) mass is 235 g/mol. The van der Waals surface area contributed by atoms with Gasteiger partial charge in [-0.25, -0.2) is 13.6 Å². The van der Waals surface area contributed by atoms with Gasteiger partial charge in [0, 0.05) is 0 Å². The summed E-state index contributed by atoms with van der Waals surface area (Å²) in [6.07, 6.45) is 0.422. The summed E-state index contributed by atoms with van der Waals surface area (Å²) in [5.74, 6) is -0.818. The van der Waals surface area contributed by atoms with Gasteiger partial charge in [0.15, 0.2) is 0 Å². The van der Waals surface area contributed by atoms with Gasteiger partial charge in [-0.1, -0.05) is 0 Å². The van der Waals surface area contributed by atoms with Gasteiger partial charge in [0.1, 0.15) is 0 Å². The van der Waals surface area contributed by atoms with Gasteiger partial charge in [-0.2, -0.15) is 0 Å². The molecule has 0 bridgehead atoms. The van der Waals surface area contributed by atoms with Crippen LogP contribution in [0.1, 0.15) is 12.8 Å². The summed E-state index contributed by atoms with van der Waals surface area (Å²) in [6, 6.07) is -0.544. The summed E-state index contributed by atoms with van der Waals surface area (Å²) in [5, 5.41) is 9.71. The van der Waals surface area contributed by atoms with E-state index >= 15 is 0 Å². The fourth-order valence-electron chi connectivity index (χ4n) is 1.27. The molecule has 4 N–H and O–H groups in total. The lowest BCUT2D eigenvalue weighted by Crippen LogP contribution is -2.37. The third kappa shape index (κ3) is 4.36. The normalized spacial score (nSPS) is 21.8. The first-order chi connectivity index (χ1) is 6.88. The molecule has 1 aliphatic rings. The first-order valence-corrected chi connectivity index (χ1v) is 6.17. The molecule has 1 saturated heterocycles. The van der Waals surface area contributed by atoms with Crippen LogP contribution in [0.15, 0.2) is 0 Å². The van der Waals surface area contributed by atoms with Crippen LogP contribution in [0.4, 0.5) is 0 Å². The van der Waals surface area contributed by atoms with Crippen LogP contribution in [0.3, 0.4) is 0 Å². The molecule has 0 aromatic rings. The minimum atomic E-state index is -3.45. The van der Waals surface area contributed by atoms with Crippen LogP contribution in [-0.2, 0) is 19.6 Å². The number of nitrogens with two attached hydrogens (primary N) is 1. The van der Waals surface area contributed by atoms with Gasteiger partial charge >= 0.3 is 0 Å². The number of carbonyl (C=O) groups excluding carboxylic acids is 2. The minimum Gasteiger partial charge on any atom is -0.305 e. The summed E-state index contributed by atoms with van der Waals surface area (Å²) >= 11 is 0. The lowest BCUT2D eigenvalue weighted by molar-refractivity contribution is -0.125. The molecular formula is C7H13N3O4S. The number of carbonyl (C=O) groups is 2. The Bertz CT molecular complexity index is 364. The van der Waals surface area contributed by atoms with Gasteiger partial charge in [-0.15, -0.1) is 0 Å². The van der Waals surface area contributed by atoms with Gasteiger partial charge in [0.25, 0.3) is 0 Å². The number of nitrogens with one attached hydrogen (secondary N) is 2. The zero-order valence-electron chi connectivity index (χ0n) is 8.02. The van der Waals surface area contributed by atoms with E-state index in [9.17, 15) is 18.0 Å². The average molecular weight is 235 g/mol. The van der Waals surface area contributed by atoms with Gasteiger partial charge in [-0.05, 0) is 13.0 Å². The Labute approximate surface area is 87.4 Å². The van der Waals surface area contributed by atoms with Crippen molar-refractivity contribution in [2.75, 3.05) is 12.3 Å². The van der Waals surface area contributed by atoms with Gasteiger partial charge in [-0.3, -0.25) is 14.9 Å². The maximum atomic E-state index is 11.0. The van der Waals surface area contributed by atoms with Crippen LogP contribution in [0.25, 0.3) is 0 Å². The highest BCUT2D eigenvalue weighted by molar-refractivity contribution is 7.89. The molecule has 1 heterocycles. The lowest BCUT2D eigenvalue weighted by atomic mass is 10.2. The van der Waals surface area contributed by atoms with E-state index in [1.807, 2.05) is 0 Å². The fourth-order valence-corrected chi connectivity index (χ4v) is 1.81. The van der Waals surface area contributed by atoms with Crippen molar-refractivity contribution in [3.05, 3.63) is 0 Å². The molecule has 15 heavy (non-hydrogen) atoms. The lowest BCUT2D eigenvalue weighted by Gasteiger charge is -2.07. The van der Waals surface area contributed by atoms with E-state index in [1.54, 1.807) is 0 Å². The summed E-state index contributed by atoms with van der Waals surface area (Å²) in [7, 11) is -3.45. The van der Waals surface area contributed by atoms with Crippen LogP contribution in [-0.4, -0.2) is 38.6 Å². The quantitative estimate of drug-likeness (QED) is 0.365. The summed E-state index contributed by atoms with van der Waals surface area (Å²) in [5.41, 5.74) is 0. The van der Waals surface area contributed by atoms with E-state index in [1.165, 1.54) is 0 Å². The zero-order chi connectivity index (χ0) is 11.5. The topological polar surface area (TPSA) is 118 Å². The minimum absolute atomic E-state index is 0.105. The first kappa shape index (κ1) is 12.1. The molecule has 1 rings (SSSR count). The highest BCUT2D eigenvalue weighted by Gasteiger charge is 2.29. The fraction of sp³-hybridized carbons (Fsp3) is 0.714. The predicted octanol–water partition coefficient (Wildman–Crippen LogP) is -2.33. The molecule has 0 aromatic carbocycles. The Morgan fingerprint density at radius 2 is 2.13 bits per heavy atom. The first-order valence-electron chi connectivity index (χ1n) is 4.46. The number of hydrogen-bond acceptors (Lipinski definition) is 5. The third-order valence-corrected chi connectivity index (χ3v) is 2.82. The number of imide groups is 1. The molecule has 7 nitrogen and oxygen atoms in total. The van der Waals surface area contributed by atoms with E-state index in [2.05, 4.69) is 10.6 Å². The number of primary sulfonamides is 1. The summed E-state index contributed by atoms with van der Waals surface area (Å²) < 4.78 is 21.1. The van der Waals surface area contributed by atoms with Crippen molar-refractivity contribution in [2.45, 2.75) is 18.9 Å². The number of hydrogen-bond donors (Lipinski definition) is 3. The van der Waals surface area contributed by atoms with Crippen LogP contribution < -0.4 is 15.8 Å². The van der Waals surface area contributed by atoms with Crippen molar-refractivity contribution in [3.8, 4) is 0 Å². The molecule has 1 fully saturated rings. The number of amides is 2. The van der Waals surface area contributed by atoms with Gasteiger partial charge in [0.2, 0.25) is 21.8 Å². The summed E-state index contributed by atoms with van der Waals surface area (Å²) in [4.78, 5) is 21.8. The molecule has 86 valence electrons. The highest BCUT2D eigenvalue weighted by atomic mass is 32.2. The zero-order valence-corrected chi connectivity index (χ0v) is 8.84. The smallest absolute Gasteiger partial charge is 0.244 e. The Kier molecular flexibility index (Phi) is 3.77. The molecule has 1 unspecified atom stereocenters. The van der Waals surface area contributed by atoms with E-state index in [0.29, 0.717) is 13.0 Å². The molecule has 0 aliphatic carbocycles. The Balaban J connectivity index is 2.21. The molecule has 0 radical (unpaired) electrons. The maximum absolute atomic E-state index is 11.0. The van der Waals surface area contributed by atoms with Gasteiger partial charge < -0.3 is 5.32 Å². The second-order valence-electron chi connectivity index (χ2n) is 3.34. The SMILES string of the molecule is NS(=O)(=O)CCCNC1CC(=O)NC1=O. The van der Waals surface area contributed by atoms with Crippen molar-refractivity contribution in [1.29, 1.82) is 0 Å². The van der Waals surface area contributed by atoms with Crippen molar-refractivity contribution >= 4 is 21.8 Å². The number of sulfonamides is 1. The third-order valence-electron chi connectivity index (χ3n) is 1.96. The maximum Gasteiger partial charge on any atom is 0.244 e.